The molecule has 0 amide bonds. The molecular formula is C27H21N5S4. The summed E-state index contributed by atoms with van der Waals surface area (Å²) in [7, 11) is 0. The van der Waals surface area contributed by atoms with Crippen molar-refractivity contribution in [3.05, 3.63) is 107 Å². The second kappa shape index (κ2) is 11.0. The molecule has 5 nitrogen and oxygen atoms in total. The highest BCUT2D eigenvalue weighted by atomic mass is 32.2. The van der Waals surface area contributed by atoms with Gasteiger partial charge in [0.25, 0.3) is 0 Å². The first-order valence-electron chi connectivity index (χ1n) is 11.4. The largest absolute Gasteiger partial charge is 0.301 e. The fourth-order valence-corrected chi connectivity index (χ4v) is 7.51. The number of nitrogens with zero attached hydrogens (tertiary/aromatic N) is 5. The fourth-order valence-electron chi connectivity index (χ4n) is 3.72. The summed E-state index contributed by atoms with van der Waals surface area (Å²) < 4.78 is 4.49. The first-order chi connectivity index (χ1) is 17.8. The maximum absolute atomic E-state index is 4.84. The van der Waals surface area contributed by atoms with Crippen molar-refractivity contribution in [1.82, 2.24) is 24.7 Å². The molecular weight excluding hydrogens is 523 g/mol. The minimum Gasteiger partial charge on any atom is -0.301 e. The summed E-state index contributed by atoms with van der Waals surface area (Å²) in [4.78, 5) is 9.61. The van der Waals surface area contributed by atoms with Gasteiger partial charge in [0.05, 0.1) is 28.2 Å². The smallest absolute Gasteiger partial charge is 0.191 e. The number of hydrogen-bond acceptors (Lipinski definition) is 8. The minimum atomic E-state index is 0.717. The van der Waals surface area contributed by atoms with Crippen molar-refractivity contribution in [2.75, 3.05) is 0 Å². The zero-order chi connectivity index (χ0) is 24.2. The third-order valence-corrected chi connectivity index (χ3v) is 9.61. The molecule has 0 aliphatic rings. The van der Waals surface area contributed by atoms with Gasteiger partial charge in [-0.1, -0.05) is 96.3 Å². The number of benzene rings is 3. The number of hydrogen-bond donors (Lipinski definition) is 0. The highest BCUT2D eigenvalue weighted by Gasteiger charge is 2.16. The monoisotopic (exact) mass is 543 g/mol. The van der Waals surface area contributed by atoms with Crippen LogP contribution in [-0.2, 0) is 18.1 Å². The van der Waals surface area contributed by atoms with Crippen molar-refractivity contribution in [1.29, 1.82) is 0 Å². The zero-order valence-electron chi connectivity index (χ0n) is 19.2. The van der Waals surface area contributed by atoms with Gasteiger partial charge in [0, 0.05) is 16.7 Å². The van der Waals surface area contributed by atoms with Crippen molar-refractivity contribution in [2.45, 2.75) is 27.5 Å². The minimum absolute atomic E-state index is 0.717. The molecule has 0 fully saturated rings. The number of thioether (sulfide) groups is 2. The third kappa shape index (κ3) is 5.39. The molecule has 0 saturated heterocycles. The van der Waals surface area contributed by atoms with Crippen LogP contribution >= 0.6 is 46.2 Å². The number of aromatic nitrogens is 5. The SMILES string of the molecule is c1ccc(Cn2c(CSc3nc4ccccc4s3)nnc2SCc2csc(-c3ccccc3)n2)cc1. The van der Waals surface area contributed by atoms with E-state index in [1.165, 1.54) is 10.3 Å². The Balaban J connectivity index is 1.20. The van der Waals surface area contributed by atoms with Gasteiger partial charge in [-0.05, 0) is 17.7 Å². The standard InChI is InChI=1S/C27H21N5S4/c1-3-9-19(10-4-1)15-32-24(18-35-27-29-22-13-7-8-14-23(22)36-27)30-31-26(32)34-17-21-16-33-25(28-21)20-11-5-2-6-12-20/h1-14,16H,15,17-18H2. The van der Waals surface area contributed by atoms with Crippen molar-refractivity contribution in [2.24, 2.45) is 0 Å². The van der Waals surface area contributed by atoms with Gasteiger partial charge in [0.2, 0.25) is 0 Å². The molecule has 9 heteroatoms. The van der Waals surface area contributed by atoms with Crippen LogP contribution in [0.3, 0.4) is 0 Å². The van der Waals surface area contributed by atoms with E-state index in [9.17, 15) is 0 Å². The van der Waals surface area contributed by atoms with Gasteiger partial charge in [-0.3, -0.25) is 0 Å². The molecule has 0 aliphatic carbocycles. The Labute approximate surface area is 225 Å². The molecule has 0 saturated carbocycles. The van der Waals surface area contributed by atoms with Crippen molar-refractivity contribution in [3.63, 3.8) is 0 Å². The van der Waals surface area contributed by atoms with Crippen LogP contribution in [0.5, 0.6) is 0 Å². The Morgan fingerprint density at radius 1 is 0.750 bits per heavy atom. The highest BCUT2D eigenvalue weighted by molar-refractivity contribution is 8.00. The second-order valence-electron chi connectivity index (χ2n) is 8.01. The predicted molar refractivity (Wildman–Crippen MR) is 152 cm³/mol. The molecule has 0 atom stereocenters. The summed E-state index contributed by atoms with van der Waals surface area (Å²) in [5.74, 6) is 2.42. The van der Waals surface area contributed by atoms with Crippen LogP contribution in [0, 0.1) is 0 Å². The van der Waals surface area contributed by atoms with Crippen LogP contribution in [-0.4, -0.2) is 24.7 Å². The van der Waals surface area contributed by atoms with Crippen molar-refractivity contribution >= 4 is 56.4 Å². The summed E-state index contributed by atoms with van der Waals surface area (Å²) in [5.41, 5.74) is 4.49. The molecule has 0 N–H and O–H groups in total. The van der Waals surface area contributed by atoms with Crippen LogP contribution in [0.25, 0.3) is 20.8 Å². The number of para-hydroxylation sites is 1. The number of thiazole rings is 2. The molecule has 3 heterocycles. The van der Waals surface area contributed by atoms with Crippen LogP contribution in [0.15, 0.2) is 99.8 Å². The van der Waals surface area contributed by atoms with Gasteiger partial charge in [-0.15, -0.1) is 32.9 Å². The molecule has 36 heavy (non-hydrogen) atoms. The van der Waals surface area contributed by atoms with E-state index in [2.05, 4.69) is 74.7 Å². The third-order valence-electron chi connectivity index (χ3n) is 5.50. The average Bonchev–Trinajstić information content (AvgIpc) is 3.66. The Hall–Kier alpha value is -2.98. The molecule has 0 aliphatic heterocycles. The van der Waals surface area contributed by atoms with Crippen LogP contribution in [0.2, 0.25) is 0 Å². The molecule has 178 valence electrons. The molecule has 3 aromatic carbocycles. The van der Waals surface area contributed by atoms with Gasteiger partial charge in [-0.25, -0.2) is 9.97 Å². The first kappa shape index (κ1) is 23.4. The molecule has 3 aromatic heterocycles. The number of fused-ring (bicyclic) bond motifs is 1. The fraction of sp³-hybridized carbons (Fsp3) is 0.111. The first-order valence-corrected chi connectivity index (χ1v) is 15.1. The van der Waals surface area contributed by atoms with E-state index < -0.39 is 0 Å². The molecule has 6 aromatic rings. The summed E-state index contributed by atoms with van der Waals surface area (Å²) in [6.45, 7) is 0.734. The van der Waals surface area contributed by atoms with Crippen molar-refractivity contribution in [3.8, 4) is 10.6 Å². The van der Waals surface area contributed by atoms with Crippen molar-refractivity contribution < 1.29 is 0 Å². The lowest BCUT2D eigenvalue weighted by Gasteiger charge is -2.09. The van der Waals surface area contributed by atoms with Gasteiger partial charge in [0.1, 0.15) is 10.8 Å². The van der Waals surface area contributed by atoms with Gasteiger partial charge in [0.15, 0.2) is 9.50 Å². The van der Waals surface area contributed by atoms with Gasteiger partial charge >= 0.3 is 0 Å². The Bertz CT molecular complexity index is 1540. The quantitative estimate of drug-likeness (QED) is 0.175. The van der Waals surface area contributed by atoms with Crippen LogP contribution in [0.1, 0.15) is 17.1 Å². The van der Waals surface area contributed by atoms with Gasteiger partial charge in [-0.2, -0.15) is 0 Å². The van der Waals surface area contributed by atoms with E-state index in [1.54, 1.807) is 46.2 Å². The molecule has 6 rings (SSSR count). The topological polar surface area (TPSA) is 56.5 Å². The van der Waals surface area contributed by atoms with E-state index >= 15 is 0 Å². The lowest BCUT2D eigenvalue weighted by molar-refractivity contribution is 0.685. The maximum Gasteiger partial charge on any atom is 0.191 e. The van der Waals surface area contributed by atoms with E-state index in [1.807, 2.05) is 30.3 Å². The highest BCUT2D eigenvalue weighted by Crippen LogP contribution is 2.33. The zero-order valence-corrected chi connectivity index (χ0v) is 22.4. The van der Waals surface area contributed by atoms with E-state index in [0.29, 0.717) is 0 Å². The molecule has 0 bridgehead atoms. The summed E-state index contributed by atoms with van der Waals surface area (Å²) >= 11 is 6.81. The van der Waals surface area contributed by atoms with Crippen LogP contribution in [0.4, 0.5) is 0 Å². The lowest BCUT2D eigenvalue weighted by atomic mass is 10.2. The molecule has 0 radical (unpaired) electrons. The Kier molecular flexibility index (Phi) is 7.13. The average molecular weight is 544 g/mol. The predicted octanol–water partition coefficient (Wildman–Crippen LogP) is 7.64. The molecule has 0 unspecified atom stereocenters. The van der Waals surface area contributed by atoms with Crippen LogP contribution < -0.4 is 0 Å². The Morgan fingerprint density at radius 3 is 2.36 bits per heavy atom. The Morgan fingerprint density at radius 2 is 1.53 bits per heavy atom. The van der Waals surface area contributed by atoms with Gasteiger partial charge < -0.3 is 4.57 Å². The number of rotatable bonds is 9. The molecule has 0 spiro atoms. The summed E-state index contributed by atoms with van der Waals surface area (Å²) in [5, 5.41) is 13.2. The van der Waals surface area contributed by atoms with E-state index in [4.69, 9.17) is 9.97 Å². The second-order valence-corrected chi connectivity index (χ2v) is 12.1. The maximum atomic E-state index is 4.84. The summed E-state index contributed by atoms with van der Waals surface area (Å²) in [6.07, 6.45) is 0. The van der Waals surface area contributed by atoms with E-state index in [-0.39, 0.29) is 0 Å². The summed E-state index contributed by atoms with van der Waals surface area (Å²) in [6, 6.07) is 29.1. The van der Waals surface area contributed by atoms with E-state index in [0.717, 1.165) is 55.2 Å². The normalized spacial score (nSPS) is 11.3. The lowest BCUT2D eigenvalue weighted by Crippen LogP contribution is -2.06.